The quantitative estimate of drug-likeness (QED) is 0.269. The lowest BCUT2D eigenvalue weighted by Gasteiger charge is -2.22. The van der Waals surface area contributed by atoms with Crippen LogP contribution >= 0.6 is 0 Å². The van der Waals surface area contributed by atoms with E-state index in [0.717, 1.165) is 11.3 Å². The van der Waals surface area contributed by atoms with Gasteiger partial charge in [0.2, 0.25) is 5.91 Å². The molecule has 3 aromatic heterocycles. The Morgan fingerprint density at radius 1 is 1.19 bits per heavy atom. The summed E-state index contributed by atoms with van der Waals surface area (Å²) >= 11 is 0. The first-order chi connectivity index (χ1) is 17.6. The molecule has 1 amide bonds. The SMILES string of the molecule is Cc1c(-c2cc3cc(Nc4cc5n(n4)CC(=O)NCC5)ncc3c(N)c2F)cnc2c1NC(C)(C)C2O. The summed E-state index contributed by atoms with van der Waals surface area (Å²) in [5.41, 5.74) is 9.51. The molecular weight excluding hydrogens is 475 g/mol. The van der Waals surface area contributed by atoms with Crippen LogP contribution in [0.25, 0.3) is 21.9 Å². The van der Waals surface area contributed by atoms with Gasteiger partial charge in [-0.1, -0.05) is 0 Å². The van der Waals surface area contributed by atoms with E-state index in [1.165, 1.54) is 6.20 Å². The summed E-state index contributed by atoms with van der Waals surface area (Å²) in [4.78, 5) is 20.7. The Morgan fingerprint density at radius 3 is 2.81 bits per heavy atom. The van der Waals surface area contributed by atoms with E-state index in [1.54, 1.807) is 23.0 Å². The van der Waals surface area contributed by atoms with E-state index in [2.05, 4.69) is 31.0 Å². The van der Waals surface area contributed by atoms with Gasteiger partial charge in [0.1, 0.15) is 18.5 Å². The zero-order chi connectivity index (χ0) is 26.1. The lowest BCUT2D eigenvalue weighted by Crippen LogP contribution is -2.32. The molecule has 0 spiro atoms. The number of pyridine rings is 2. The highest BCUT2D eigenvalue weighted by atomic mass is 19.1. The number of amides is 1. The van der Waals surface area contributed by atoms with Crippen molar-refractivity contribution in [3.05, 3.63) is 53.4 Å². The number of aliphatic hydroxyl groups is 1. The molecule has 11 heteroatoms. The third kappa shape index (κ3) is 3.73. The van der Waals surface area contributed by atoms with Crippen molar-refractivity contribution in [2.75, 3.05) is 22.9 Å². The first-order valence-corrected chi connectivity index (χ1v) is 12.1. The number of aliphatic hydroxyl groups excluding tert-OH is 1. The fraction of sp³-hybridized carbons (Fsp3) is 0.308. The van der Waals surface area contributed by atoms with Crippen LogP contribution in [0.2, 0.25) is 0 Å². The number of carbonyl (C=O) groups is 1. The number of nitrogen functional groups attached to an aromatic ring is 1. The molecule has 6 rings (SSSR count). The number of benzene rings is 1. The molecule has 5 heterocycles. The molecule has 2 aliphatic heterocycles. The summed E-state index contributed by atoms with van der Waals surface area (Å²) in [5, 5.41) is 25.6. The Bertz CT molecular complexity index is 1600. The number of aromatic nitrogens is 4. The molecule has 0 saturated carbocycles. The van der Waals surface area contributed by atoms with Crippen molar-refractivity contribution in [1.29, 1.82) is 0 Å². The minimum Gasteiger partial charge on any atom is -0.396 e. The minimum absolute atomic E-state index is 0.000472. The van der Waals surface area contributed by atoms with E-state index in [-0.39, 0.29) is 18.1 Å². The third-order valence-corrected chi connectivity index (χ3v) is 7.16. The molecule has 1 aromatic carbocycles. The summed E-state index contributed by atoms with van der Waals surface area (Å²) in [6.45, 7) is 6.38. The van der Waals surface area contributed by atoms with Crippen molar-refractivity contribution in [3.8, 4) is 11.1 Å². The van der Waals surface area contributed by atoms with Crippen LogP contribution in [0.1, 0.15) is 36.9 Å². The first-order valence-electron chi connectivity index (χ1n) is 12.1. The van der Waals surface area contributed by atoms with Gasteiger partial charge in [0.15, 0.2) is 11.6 Å². The maximum absolute atomic E-state index is 15.5. The molecule has 37 heavy (non-hydrogen) atoms. The fourth-order valence-corrected chi connectivity index (χ4v) is 5.06. The molecule has 0 bridgehead atoms. The smallest absolute Gasteiger partial charge is 0.241 e. The number of hydrogen-bond acceptors (Lipinski definition) is 8. The van der Waals surface area contributed by atoms with E-state index in [1.807, 2.05) is 26.8 Å². The average molecular weight is 503 g/mol. The van der Waals surface area contributed by atoms with Crippen molar-refractivity contribution >= 4 is 39.7 Å². The highest BCUT2D eigenvalue weighted by Crippen LogP contribution is 2.45. The van der Waals surface area contributed by atoms with E-state index >= 15 is 4.39 Å². The van der Waals surface area contributed by atoms with Crippen molar-refractivity contribution in [2.45, 2.75) is 45.4 Å². The van der Waals surface area contributed by atoms with Gasteiger partial charge in [0, 0.05) is 53.6 Å². The second kappa shape index (κ2) is 8.13. The number of anilines is 4. The number of hydrogen-bond donors (Lipinski definition) is 5. The van der Waals surface area contributed by atoms with Gasteiger partial charge < -0.3 is 26.8 Å². The molecule has 1 atom stereocenters. The van der Waals surface area contributed by atoms with Gasteiger partial charge in [0.25, 0.3) is 0 Å². The summed E-state index contributed by atoms with van der Waals surface area (Å²) < 4.78 is 17.2. The summed E-state index contributed by atoms with van der Waals surface area (Å²) in [6.07, 6.45) is 3.03. The number of carbonyl (C=O) groups excluding carboxylic acids is 1. The molecule has 0 saturated heterocycles. The number of nitrogens with two attached hydrogens (primary N) is 1. The van der Waals surface area contributed by atoms with Crippen molar-refractivity contribution in [1.82, 2.24) is 25.1 Å². The van der Waals surface area contributed by atoms with Crippen molar-refractivity contribution in [2.24, 2.45) is 0 Å². The molecule has 1 unspecified atom stereocenters. The normalized spacial score (nSPS) is 18.1. The monoisotopic (exact) mass is 502 g/mol. The number of nitrogens with one attached hydrogen (secondary N) is 3. The molecule has 0 aliphatic carbocycles. The number of nitrogens with zero attached hydrogens (tertiary/aromatic N) is 4. The Labute approximate surface area is 212 Å². The van der Waals surface area contributed by atoms with E-state index < -0.39 is 17.5 Å². The fourth-order valence-electron chi connectivity index (χ4n) is 5.06. The Morgan fingerprint density at radius 2 is 2.00 bits per heavy atom. The molecular formula is C26H27FN8O2. The molecule has 2 aliphatic rings. The maximum Gasteiger partial charge on any atom is 0.241 e. The van der Waals surface area contributed by atoms with E-state index in [4.69, 9.17) is 5.73 Å². The third-order valence-electron chi connectivity index (χ3n) is 7.16. The largest absolute Gasteiger partial charge is 0.396 e. The van der Waals surface area contributed by atoms with Crippen LogP contribution in [0.15, 0.2) is 30.6 Å². The lowest BCUT2D eigenvalue weighted by atomic mass is 9.96. The van der Waals surface area contributed by atoms with Gasteiger partial charge in [-0.3, -0.25) is 14.5 Å². The minimum atomic E-state index is -0.770. The van der Waals surface area contributed by atoms with Gasteiger partial charge >= 0.3 is 0 Å². The van der Waals surface area contributed by atoms with Crippen molar-refractivity contribution in [3.63, 3.8) is 0 Å². The van der Waals surface area contributed by atoms with Crippen LogP contribution in [0.3, 0.4) is 0 Å². The van der Waals surface area contributed by atoms with Crippen LogP contribution in [-0.2, 0) is 17.8 Å². The maximum atomic E-state index is 15.5. The van der Waals surface area contributed by atoms with Crippen LogP contribution in [-0.4, -0.2) is 42.8 Å². The Balaban J connectivity index is 1.39. The number of rotatable bonds is 3. The summed E-state index contributed by atoms with van der Waals surface area (Å²) in [6, 6.07) is 5.40. The predicted molar refractivity (Wildman–Crippen MR) is 139 cm³/mol. The summed E-state index contributed by atoms with van der Waals surface area (Å²) in [7, 11) is 0. The topological polar surface area (TPSA) is 143 Å². The summed E-state index contributed by atoms with van der Waals surface area (Å²) in [5.74, 6) is 0.455. The molecule has 4 aromatic rings. The van der Waals surface area contributed by atoms with Crippen LogP contribution in [0.4, 0.5) is 27.4 Å². The molecule has 10 nitrogen and oxygen atoms in total. The second-order valence-electron chi connectivity index (χ2n) is 10.2. The van der Waals surface area contributed by atoms with E-state index in [0.29, 0.717) is 57.9 Å². The predicted octanol–water partition coefficient (Wildman–Crippen LogP) is 3.18. The van der Waals surface area contributed by atoms with Crippen LogP contribution in [0.5, 0.6) is 0 Å². The first kappa shape index (κ1) is 23.2. The highest BCUT2D eigenvalue weighted by molar-refractivity contribution is 5.98. The standard InChI is InChI=1S/C26H27FN8O2/c1-12-16(9-31-24-23(12)33-26(2,3)25(24)37)15-6-13-7-18(30-10-17(13)22(28)21(15)27)32-19-8-14-4-5-29-20(36)11-35(14)34-19/h6-10,25,33,37H,4-5,11,28H2,1-3H3,(H,29,36)(H,30,32,34). The number of halogens is 1. The van der Waals surface area contributed by atoms with Gasteiger partial charge in [-0.15, -0.1) is 0 Å². The molecule has 0 fully saturated rings. The zero-order valence-electron chi connectivity index (χ0n) is 20.7. The van der Waals surface area contributed by atoms with Gasteiger partial charge in [-0.05, 0) is 43.9 Å². The van der Waals surface area contributed by atoms with Crippen LogP contribution < -0.4 is 21.7 Å². The van der Waals surface area contributed by atoms with Gasteiger partial charge in [-0.25, -0.2) is 9.37 Å². The van der Waals surface area contributed by atoms with Crippen LogP contribution in [0, 0.1) is 12.7 Å². The molecule has 0 radical (unpaired) electrons. The highest BCUT2D eigenvalue weighted by Gasteiger charge is 2.40. The molecule has 6 N–H and O–H groups in total. The van der Waals surface area contributed by atoms with Gasteiger partial charge in [0.05, 0.1) is 22.6 Å². The Kier molecular flexibility index (Phi) is 5.09. The van der Waals surface area contributed by atoms with E-state index in [9.17, 15) is 9.90 Å². The average Bonchev–Trinajstić information content (AvgIpc) is 3.26. The van der Waals surface area contributed by atoms with Crippen molar-refractivity contribution < 1.29 is 14.3 Å². The zero-order valence-corrected chi connectivity index (χ0v) is 20.7. The lowest BCUT2D eigenvalue weighted by molar-refractivity contribution is -0.121. The number of fused-ring (bicyclic) bond motifs is 3. The Hall–Kier alpha value is -4.25. The molecule has 190 valence electrons. The van der Waals surface area contributed by atoms with Gasteiger partial charge in [-0.2, -0.15) is 5.10 Å². The second-order valence-corrected chi connectivity index (χ2v) is 10.2.